The molecule has 0 unspecified atom stereocenters. The van der Waals surface area contributed by atoms with Gasteiger partial charge >= 0.3 is 0 Å². The van der Waals surface area contributed by atoms with E-state index < -0.39 is 0 Å². The first-order valence-electron chi connectivity index (χ1n) is 20.2. The van der Waals surface area contributed by atoms with Crippen molar-refractivity contribution in [3.05, 3.63) is 6.42 Å². The average molecular weight is 576 g/mol. The van der Waals surface area contributed by atoms with Gasteiger partial charge < -0.3 is 0 Å². The predicted molar refractivity (Wildman–Crippen MR) is 191 cm³/mol. The first kappa shape index (κ1) is 41.0. The lowest BCUT2D eigenvalue weighted by atomic mass is 10.0. The van der Waals surface area contributed by atoms with Crippen LogP contribution < -0.4 is 0 Å². The highest BCUT2D eigenvalue weighted by Crippen LogP contribution is 2.17. The normalized spacial score (nSPS) is 11.6. The lowest BCUT2D eigenvalue weighted by Gasteiger charge is -2.05. The second-order valence-corrected chi connectivity index (χ2v) is 13.9. The SMILES string of the molecule is CCCCCCCCCCCCCCCCCCCC[CH]CCCCCCCCCCCCCCCCCCCC. The van der Waals surface area contributed by atoms with Crippen LogP contribution in [-0.4, -0.2) is 0 Å². The zero-order valence-corrected chi connectivity index (χ0v) is 29.4. The van der Waals surface area contributed by atoms with Crippen LogP contribution in [0, 0.1) is 6.42 Å². The molecule has 0 aliphatic rings. The van der Waals surface area contributed by atoms with Gasteiger partial charge in [-0.2, -0.15) is 0 Å². The number of hydrogen-bond acceptors (Lipinski definition) is 0. The first-order valence-corrected chi connectivity index (χ1v) is 20.2. The van der Waals surface area contributed by atoms with Crippen molar-refractivity contribution in [2.24, 2.45) is 0 Å². The first-order chi connectivity index (χ1) is 20.4. The molecule has 0 atom stereocenters. The van der Waals surface area contributed by atoms with Crippen molar-refractivity contribution >= 4 is 0 Å². The van der Waals surface area contributed by atoms with E-state index in [2.05, 4.69) is 20.3 Å². The molecule has 0 amide bonds. The van der Waals surface area contributed by atoms with E-state index in [4.69, 9.17) is 0 Å². The molecule has 0 aromatic rings. The van der Waals surface area contributed by atoms with Crippen molar-refractivity contribution in [2.45, 2.75) is 258 Å². The quantitative estimate of drug-likeness (QED) is 0.0642. The highest BCUT2D eigenvalue weighted by atomic mass is 14.0. The van der Waals surface area contributed by atoms with Crippen LogP contribution in [0.4, 0.5) is 0 Å². The summed E-state index contributed by atoms with van der Waals surface area (Å²) < 4.78 is 0. The van der Waals surface area contributed by atoms with Gasteiger partial charge in [0.15, 0.2) is 0 Å². The smallest absolute Gasteiger partial charge is 0.0386 e. The van der Waals surface area contributed by atoms with Crippen molar-refractivity contribution in [1.29, 1.82) is 0 Å². The number of rotatable bonds is 38. The third-order valence-corrected chi connectivity index (χ3v) is 9.52. The van der Waals surface area contributed by atoms with Crippen LogP contribution in [0.5, 0.6) is 0 Å². The maximum Gasteiger partial charge on any atom is -0.0386 e. The molecular formula is C41H83. The van der Waals surface area contributed by atoms with Gasteiger partial charge in [0.1, 0.15) is 0 Å². The summed E-state index contributed by atoms with van der Waals surface area (Å²) in [6.07, 6.45) is 58.4. The molecule has 0 aliphatic carbocycles. The van der Waals surface area contributed by atoms with Crippen molar-refractivity contribution in [3.63, 3.8) is 0 Å². The Labute approximate surface area is 263 Å². The molecule has 0 aromatic heterocycles. The van der Waals surface area contributed by atoms with E-state index in [1.54, 1.807) is 0 Å². The topological polar surface area (TPSA) is 0 Å². The number of hydrogen-bond donors (Lipinski definition) is 0. The molecule has 41 heavy (non-hydrogen) atoms. The zero-order valence-electron chi connectivity index (χ0n) is 29.4. The Balaban J connectivity index is 3.02. The van der Waals surface area contributed by atoms with Gasteiger partial charge in [-0.05, 0) is 6.42 Å². The zero-order chi connectivity index (χ0) is 29.6. The molecule has 0 saturated heterocycles. The summed E-state index contributed by atoms with van der Waals surface area (Å²) in [6.45, 7) is 4.62. The van der Waals surface area contributed by atoms with Crippen LogP contribution in [0.2, 0.25) is 0 Å². The van der Waals surface area contributed by atoms with E-state index in [1.165, 1.54) is 244 Å². The molecule has 0 aliphatic heterocycles. The highest BCUT2D eigenvalue weighted by molar-refractivity contribution is 4.65. The van der Waals surface area contributed by atoms with Crippen LogP contribution in [0.25, 0.3) is 0 Å². The molecule has 0 saturated carbocycles. The van der Waals surface area contributed by atoms with Crippen molar-refractivity contribution in [3.8, 4) is 0 Å². The van der Waals surface area contributed by atoms with Gasteiger partial charge in [0.2, 0.25) is 0 Å². The molecule has 0 nitrogen and oxygen atoms in total. The van der Waals surface area contributed by atoms with E-state index in [1.807, 2.05) is 0 Å². The highest BCUT2D eigenvalue weighted by Gasteiger charge is 1.97. The summed E-state index contributed by atoms with van der Waals surface area (Å²) in [4.78, 5) is 0. The van der Waals surface area contributed by atoms with Crippen LogP contribution in [0.1, 0.15) is 258 Å². The molecule has 0 heterocycles. The van der Waals surface area contributed by atoms with Gasteiger partial charge in [-0.1, -0.05) is 258 Å². The summed E-state index contributed by atoms with van der Waals surface area (Å²) in [5.74, 6) is 0. The third kappa shape index (κ3) is 40.0. The Hall–Kier alpha value is 0. The van der Waals surface area contributed by atoms with Gasteiger partial charge in [-0.15, -0.1) is 0 Å². The molecule has 0 bridgehead atoms. The van der Waals surface area contributed by atoms with Crippen LogP contribution in [0.3, 0.4) is 0 Å². The second kappa shape index (κ2) is 40.0. The summed E-state index contributed by atoms with van der Waals surface area (Å²) in [5.41, 5.74) is 0. The van der Waals surface area contributed by atoms with Gasteiger partial charge in [-0.25, -0.2) is 0 Å². The molecule has 0 aromatic carbocycles. The van der Waals surface area contributed by atoms with Crippen molar-refractivity contribution < 1.29 is 0 Å². The Morgan fingerprint density at radius 2 is 0.341 bits per heavy atom. The molecule has 0 fully saturated rings. The summed E-state index contributed by atoms with van der Waals surface area (Å²) in [5, 5.41) is 0. The molecular weight excluding hydrogens is 492 g/mol. The Morgan fingerprint density at radius 3 is 0.512 bits per heavy atom. The monoisotopic (exact) mass is 576 g/mol. The molecule has 0 heteroatoms. The summed E-state index contributed by atoms with van der Waals surface area (Å²) in [7, 11) is 0. The van der Waals surface area contributed by atoms with Crippen LogP contribution >= 0.6 is 0 Å². The fourth-order valence-electron chi connectivity index (χ4n) is 6.52. The molecule has 1 radical (unpaired) electrons. The standard InChI is InChI=1S/C41H83/c1-3-5-7-9-11-13-15-17-19-21-23-25-27-29-31-33-35-37-39-41-40-38-36-34-32-30-28-26-24-22-20-18-16-14-12-10-8-6-4-2/h41H,3-40H2,1-2H3. The van der Waals surface area contributed by atoms with Crippen molar-refractivity contribution in [2.75, 3.05) is 0 Å². The summed E-state index contributed by atoms with van der Waals surface area (Å²) >= 11 is 0. The molecule has 0 spiro atoms. The van der Waals surface area contributed by atoms with Gasteiger partial charge in [0, 0.05) is 0 Å². The van der Waals surface area contributed by atoms with Gasteiger partial charge in [0.05, 0.1) is 0 Å². The Bertz CT molecular complexity index is 374. The Kier molecular flexibility index (Phi) is 40.0. The Morgan fingerprint density at radius 1 is 0.195 bits per heavy atom. The fraction of sp³-hybridized carbons (Fsp3) is 0.976. The fourth-order valence-corrected chi connectivity index (χ4v) is 6.52. The largest absolute Gasteiger partial charge is 0.0654 e. The van der Waals surface area contributed by atoms with Crippen molar-refractivity contribution in [1.82, 2.24) is 0 Å². The minimum atomic E-state index is 1.37. The average Bonchev–Trinajstić information content (AvgIpc) is 2.98. The van der Waals surface area contributed by atoms with E-state index in [0.29, 0.717) is 0 Å². The number of unbranched alkanes of at least 4 members (excludes halogenated alkanes) is 38. The molecule has 0 N–H and O–H groups in total. The van der Waals surface area contributed by atoms with Gasteiger partial charge in [-0.3, -0.25) is 0 Å². The van der Waals surface area contributed by atoms with Crippen LogP contribution in [0.15, 0.2) is 0 Å². The lowest BCUT2D eigenvalue weighted by Crippen LogP contribution is -1.85. The van der Waals surface area contributed by atoms with Gasteiger partial charge in [0.25, 0.3) is 0 Å². The predicted octanol–water partition coefficient (Wildman–Crippen LogP) is 16.1. The molecule has 0 rings (SSSR count). The van der Waals surface area contributed by atoms with E-state index >= 15 is 0 Å². The van der Waals surface area contributed by atoms with E-state index in [9.17, 15) is 0 Å². The minimum absolute atomic E-state index is 1.37. The van der Waals surface area contributed by atoms with Crippen LogP contribution in [-0.2, 0) is 0 Å². The van der Waals surface area contributed by atoms with E-state index in [0.717, 1.165) is 0 Å². The second-order valence-electron chi connectivity index (χ2n) is 13.9. The lowest BCUT2D eigenvalue weighted by molar-refractivity contribution is 0.522. The maximum atomic E-state index is 2.60. The minimum Gasteiger partial charge on any atom is -0.0654 e. The maximum absolute atomic E-state index is 2.60. The van der Waals surface area contributed by atoms with E-state index in [-0.39, 0.29) is 0 Å². The summed E-state index contributed by atoms with van der Waals surface area (Å²) in [6, 6.07) is 0. The molecule has 247 valence electrons. The third-order valence-electron chi connectivity index (χ3n) is 9.52.